The molecule has 0 spiro atoms. The lowest BCUT2D eigenvalue weighted by atomic mass is 9.99. The lowest BCUT2D eigenvalue weighted by Gasteiger charge is -2.19. The number of hydrogen-bond donors (Lipinski definition) is 2. The third kappa shape index (κ3) is 5.58. The summed E-state index contributed by atoms with van der Waals surface area (Å²) in [6.45, 7) is 0.423. The van der Waals surface area contributed by atoms with Gasteiger partial charge in [0.1, 0.15) is 41.9 Å². The van der Waals surface area contributed by atoms with Crippen LogP contribution in [0.3, 0.4) is 0 Å². The van der Waals surface area contributed by atoms with Crippen LogP contribution >= 0.6 is 0 Å². The van der Waals surface area contributed by atoms with Gasteiger partial charge >= 0.3 is 6.09 Å². The molecular formula is C29H26N4O5. The minimum atomic E-state index is -1.14. The standard InChI is InChI=1S/C29H26N4O5/c1-36-22-15-16-26(37-18-20-9-4-2-5-10-20)24(17-22)28(34)23-13-8-14-25-27(23)33(32-30-25)31-29(35)38-19-21-11-6-3-7-12-21/h2-17,28,34H,18-19H2,1H3,(H,31,35). The van der Waals surface area contributed by atoms with Gasteiger partial charge in [-0.25, -0.2) is 10.2 Å². The Bertz CT molecular complexity index is 1520. The number of carbonyl (C=O) groups excluding carboxylic acids is 1. The largest absolute Gasteiger partial charge is 0.497 e. The van der Waals surface area contributed by atoms with Gasteiger partial charge in [-0.15, -0.1) is 9.89 Å². The van der Waals surface area contributed by atoms with E-state index < -0.39 is 12.2 Å². The molecule has 0 aliphatic rings. The Kier molecular flexibility index (Phi) is 7.47. The summed E-state index contributed by atoms with van der Waals surface area (Å²) in [6, 6.07) is 29.6. The second-order valence-corrected chi connectivity index (χ2v) is 8.47. The van der Waals surface area contributed by atoms with Crippen molar-refractivity contribution >= 4 is 17.1 Å². The smallest absolute Gasteiger partial charge is 0.428 e. The van der Waals surface area contributed by atoms with E-state index >= 15 is 0 Å². The number of aliphatic hydroxyl groups is 1. The van der Waals surface area contributed by atoms with Crippen LogP contribution in [0.4, 0.5) is 4.79 Å². The zero-order chi connectivity index (χ0) is 26.3. The predicted octanol–water partition coefficient (Wildman–Crippen LogP) is 4.98. The summed E-state index contributed by atoms with van der Waals surface area (Å²) in [7, 11) is 1.56. The van der Waals surface area contributed by atoms with Crippen LogP contribution in [0.5, 0.6) is 11.5 Å². The van der Waals surface area contributed by atoms with E-state index in [0.29, 0.717) is 40.3 Å². The Hall–Kier alpha value is -4.89. The van der Waals surface area contributed by atoms with Crippen molar-refractivity contribution in [3.63, 3.8) is 0 Å². The first kappa shape index (κ1) is 24.8. The summed E-state index contributed by atoms with van der Waals surface area (Å²) in [5, 5.41) is 19.7. The lowest BCUT2D eigenvalue weighted by Crippen LogP contribution is -2.25. The highest BCUT2D eigenvalue weighted by atomic mass is 16.6. The van der Waals surface area contributed by atoms with Gasteiger partial charge in [-0.05, 0) is 40.6 Å². The number of amides is 1. The molecule has 0 saturated heterocycles. The van der Waals surface area contributed by atoms with Crippen molar-refractivity contribution in [1.82, 2.24) is 15.1 Å². The van der Waals surface area contributed by atoms with E-state index in [1.54, 1.807) is 43.5 Å². The molecule has 4 aromatic carbocycles. The van der Waals surface area contributed by atoms with Gasteiger partial charge in [0.15, 0.2) is 0 Å². The number of aromatic nitrogens is 3. The maximum Gasteiger partial charge on any atom is 0.428 e. The van der Waals surface area contributed by atoms with Gasteiger partial charge in [-0.3, -0.25) is 0 Å². The number of aliphatic hydroxyl groups excluding tert-OH is 1. The summed E-state index contributed by atoms with van der Waals surface area (Å²) >= 11 is 0. The molecule has 9 nitrogen and oxygen atoms in total. The SMILES string of the molecule is COc1ccc(OCc2ccccc2)c(C(O)c2cccc3nnn(NC(=O)OCc4ccccc4)c23)c1. The third-order valence-electron chi connectivity index (χ3n) is 5.95. The molecule has 1 aromatic heterocycles. The average Bonchev–Trinajstić information content (AvgIpc) is 3.38. The average molecular weight is 511 g/mol. The molecule has 0 saturated carbocycles. The zero-order valence-corrected chi connectivity index (χ0v) is 20.7. The van der Waals surface area contributed by atoms with E-state index in [4.69, 9.17) is 14.2 Å². The Morgan fingerprint density at radius 1 is 0.895 bits per heavy atom. The summed E-state index contributed by atoms with van der Waals surface area (Å²) in [6.07, 6.45) is -1.85. The number of rotatable bonds is 9. The van der Waals surface area contributed by atoms with Crippen molar-refractivity contribution in [2.45, 2.75) is 19.3 Å². The molecule has 1 heterocycles. The summed E-state index contributed by atoms with van der Waals surface area (Å²) in [4.78, 5) is 13.7. The van der Waals surface area contributed by atoms with E-state index in [9.17, 15) is 9.90 Å². The van der Waals surface area contributed by atoms with E-state index in [2.05, 4.69) is 15.7 Å². The molecule has 0 radical (unpaired) electrons. The van der Waals surface area contributed by atoms with Crippen molar-refractivity contribution in [3.8, 4) is 11.5 Å². The second-order valence-electron chi connectivity index (χ2n) is 8.47. The van der Waals surface area contributed by atoms with E-state index in [1.165, 1.54) is 4.79 Å². The van der Waals surface area contributed by atoms with Crippen LogP contribution in [0.2, 0.25) is 0 Å². The fourth-order valence-electron chi connectivity index (χ4n) is 4.04. The number of hydrogen-bond acceptors (Lipinski definition) is 7. The van der Waals surface area contributed by atoms with Crippen LogP contribution in [0.15, 0.2) is 97.1 Å². The molecule has 0 fully saturated rings. The Morgan fingerprint density at radius 2 is 1.61 bits per heavy atom. The molecule has 0 aliphatic heterocycles. The molecule has 0 bridgehead atoms. The maximum atomic E-state index is 12.5. The van der Waals surface area contributed by atoms with Crippen molar-refractivity contribution in [2.24, 2.45) is 0 Å². The first-order valence-electron chi connectivity index (χ1n) is 12.0. The predicted molar refractivity (Wildman–Crippen MR) is 141 cm³/mol. The summed E-state index contributed by atoms with van der Waals surface area (Å²) in [5.41, 5.74) is 6.29. The number of ether oxygens (including phenoxy) is 3. The molecule has 5 aromatic rings. The fraction of sp³-hybridized carbons (Fsp3) is 0.138. The topological polar surface area (TPSA) is 108 Å². The van der Waals surface area contributed by atoms with Crippen LogP contribution < -0.4 is 14.9 Å². The number of carbonyl (C=O) groups is 1. The number of nitrogens with zero attached hydrogens (tertiary/aromatic N) is 3. The van der Waals surface area contributed by atoms with Gasteiger partial charge in [-0.1, -0.05) is 72.8 Å². The minimum Gasteiger partial charge on any atom is -0.497 e. The molecular weight excluding hydrogens is 484 g/mol. The molecule has 1 amide bonds. The van der Waals surface area contributed by atoms with E-state index in [0.717, 1.165) is 11.1 Å². The summed E-state index contributed by atoms with van der Waals surface area (Å²) in [5.74, 6) is 1.06. The third-order valence-corrected chi connectivity index (χ3v) is 5.95. The number of fused-ring (bicyclic) bond motifs is 1. The molecule has 9 heteroatoms. The van der Waals surface area contributed by atoms with Gasteiger partial charge < -0.3 is 19.3 Å². The first-order chi connectivity index (χ1) is 18.6. The van der Waals surface area contributed by atoms with Gasteiger partial charge in [0.2, 0.25) is 0 Å². The van der Waals surface area contributed by atoms with Crippen molar-refractivity contribution in [3.05, 3.63) is 119 Å². The monoisotopic (exact) mass is 510 g/mol. The van der Waals surface area contributed by atoms with Crippen molar-refractivity contribution in [1.29, 1.82) is 0 Å². The molecule has 0 aliphatic carbocycles. The molecule has 1 unspecified atom stereocenters. The molecule has 1 atom stereocenters. The highest BCUT2D eigenvalue weighted by Crippen LogP contribution is 2.36. The van der Waals surface area contributed by atoms with Crippen LogP contribution in [0.25, 0.3) is 11.0 Å². The zero-order valence-electron chi connectivity index (χ0n) is 20.7. The number of benzene rings is 4. The van der Waals surface area contributed by atoms with Gasteiger partial charge in [0.25, 0.3) is 0 Å². The van der Waals surface area contributed by atoms with Crippen LogP contribution in [0, 0.1) is 0 Å². The Balaban J connectivity index is 1.42. The van der Waals surface area contributed by atoms with Gasteiger partial charge in [-0.2, -0.15) is 0 Å². The lowest BCUT2D eigenvalue weighted by molar-refractivity contribution is 0.151. The van der Waals surface area contributed by atoms with Gasteiger partial charge in [0, 0.05) is 11.1 Å². The Morgan fingerprint density at radius 3 is 2.32 bits per heavy atom. The second kappa shape index (κ2) is 11.4. The normalized spacial score (nSPS) is 11.6. The van der Waals surface area contributed by atoms with Crippen molar-refractivity contribution < 1.29 is 24.1 Å². The van der Waals surface area contributed by atoms with Crippen LogP contribution in [-0.4, -0.2) is 33.4 Å². The molecule has 5 rings (SSSR count). The Labute approximate surface area is 219 Å². The molecule has 38 heavy (non-hydrogen) atoms. The maximum absolute atomic E-state index is 12.5. The highest BCUT2D eigenvalue weighted by Gasteiger charge is 2.23. The van der Waals surface area contributed by atoms with Gasteiger partial charge in [0.05, 0.1) is 7.11 Å². The highest BCUT2D eigenvalue weighted by molar-refractivity contribution is 5.83. The first-order valence-corrected chi connectivity index (χ1v) is 12.0. The number of para-hydroxylation sites is 1. The summed E-state index contributed by atoms with van der Waals surface area (Å²) < 4.78 is 16.8. The minimum absolute atomic E-state index is 0.0979. The quantitative estimate of drug-likeness (QED) is 0.288. The molecule has 192 valence electrons. The molecule has 2 N–H and O–H groups in total. The van der Waals surface area contributed by atoms with E-state index in [1.807, 2.05) is 60.7 Å². The number of methoxy groups -OCH3 is 1. The fourth-order valence-corrected chi connectivity index (χ4v) is 4.04. The van der Waals surface area contributed by atoms with E-state index in [-0.39, 0.29) is 6.61 Å². The van der Waals surface area contributed by atoms with Crippen molar-refractivity contribution in [2.75, 3.05) is 12.5 Å². The van der Waals surface area contributed by atoms with Crippen LogP contribution in [-0.2, 0) is 18.0 Å². The van der Waals surface area contributed by atoms with Crippen LogP contribution in [0.1, 0.15) is 28.4 Å². The number of nitrogens with one attached hydrogen (secondary N) is 1.